The highest BCUT2D eigenvalue weighted by molar-refractivity contribution is 7.91. The summed E-state index contributed by atoms with van der Waals surface area (Å²) in [5.74, 6) is -0.642. The van der Waals surface area contributed by atoms with E-state index in [1.807, 2.05) is 6.92 Å². The minimum absolute atomic E-state index is 0.0584. The molecule has 1 unspecified atom stereocenters. The molecule has 2 atom stereocenters. The lowest BCUT2D eigenvalue weighted by atomic mass is 9.81. The second-order valence-corrected chi connectivity index (χ2v) is 13.2. The second kappa shape index (κ2) is 10.5. The lowest BCUT2D eigenvalue weighted by Crippen LogP contribution is -2.50. The van der Waals surface area contributed by atoms with E-state index in [1.54, 1.807) is 31.2 Å². The first-order valence-corrected chi connectivity index (χ1v) is 14.6. The van der Waals surface area contributed by atoms with Gasteiger partial charge in [-0.1, -0.05) is 17.7 Å². The van der Waals surface area contributed by atoms with Crippen molar-refractivity contribution in [2.45, 2.75) is 62.9 Å². The molecule has 0 radical (unpaired) electrons. The molecule has 184 valence electrons. The molecule has 1 aromatic rings. The predicted molar refractivity (Wildman–Crippen MR) is 125 cm³/mol. The van der Waals surface area contributed by atoms with Crippen LogP contribution in [0.2, 0.25) is 0 Å². The second-order valence-electron chi connectivity index (χ2n) is 9.22. The summed E-state index contributed by atoms with van der Waals surface area (Å²) in [6, 6.07) is 5.54. The first-order valence-electron chi connectivity index (χ1n) is 11.3. The highest BCUT2D eigenvalue weighted by Gasteiger charge is 2.32. The summed E-state index contributed by atoms with van der Waals surface area (Å²) in [6.07, 6.45) is 3.08. The topological polar surface area (TPSA) is 139 Å². The smallest absolute Gasteiger partial charge is 0.242 e. The zero-order valence-corrected chi connectivity index (χ0v) is 20.7. The normalized spacial score (nSPS) is 25.8. The van der Waals surface area contributed by atoms with Gasteiger partial charge in [-0.05, 0) is 64.0 Å². The van der Waals surface area contributed by atoms with Crippen molar-refractivity contribution in [1.29, 1.82) is 0 Å². The average Bonchev–Trinajstić information content (AvgIpc) is 3.11. The van der Waals surface area contributed by atoms with Gasteiger partial charge in [0.05, 0.1) is 16.4 Å². The quantitative estimate of drug-likeness (QED) is 0.486. The van der Waals surface area contributed by atoms with Gasteiger partial charge >= 0.3 is 0 Å². The maximum absolute atomic E-state index is 12.6. The lowest BCUT2D eigenvalue weighted by Gasteiger charge is -2.28. The summed E-state index contributed by atoms with van der Waals surface area (Å²) < 4.78 is 50.6. The molecule has 11 heteroatoms. The third-order valence-electron chi connectivity index (χ3n) is 6.44. The number of amides is 2. The summed E-state index contributed by atoms with van der Waals surface area (Å²) in [6.45, 7) is 3.81. The maximum Gasteiger partial charge on any atom is 0.242 e. The highest BCUT2D eigenvalue weighted by atomic mass is 32.2. The molecule has 1 heterocycles. The van der Waals surface area contributed by atoms with Gasteiger partial charge in [-0.15, -0.1) is 0 Å². The molecule has 0 aromatic heterocycles. The zero-order valence-electron chi connectivity index (χ0n) is 19.0. The van der Waals surface area contributed by atoms with Gasteiger partial charge in [-0.3, -0.25) is 9.59 Å². The Morgan fingerprint density at radius 1 is 1.06 bits per heavy atom. The molecule has 1 aliphatic carbocycles. The van der Waals surface area contributed by atoms with Crippen LogP contribution in [0.4, 0.5) is 0 Å². The van der Waals surface area contributed by atoms with Gasteiger partial charge in [0.1, 0.15) is 6.04 Å². The lowest BCUT2D eigenvalue weighted by molar-refractivity contribution is -0.131. The van der Waals surface area contributed by atoms with Gasteiger partial charge in [0.25, 0.3) is 0 Å². The first-order chi connectivity index (χ1) is 15.4. The number of sulfone groups is 1. The van der Waals surface area contributed by atoms with Crippen LogP contribution in [0.25, 0.3) is 0 Å². The van der Waals surface area contributed by atoms with Crippen LogP contribution in [0.15, 0.2) is 29.2 Å². The number of carbonyl (C=O) groups excluding carboxylic acids is 2. The first kappa shape index (κ1) is 25.6. The Labute approximate surface area is 196 Å². The fourth-order valence-corrected chi connectivity index (χ4v) is 7.08. The maximum atomic E-state index is 12.6. The third-order valence-corrected chi connectivity index (χ3v) is 9.65. The molecule has 1 aliphatic heterocycles. The molecule has 2 amide bonds. The van der Waals surface area contributed by atoms with Crippen LogP contribution in [-0.4, -0.2) is 58.8 Å². The van der Waals surface area contributed by atoms with Gasteiger partial charge in [-0.25, -0.2) is 21.6 Å². The zero-order chi connectivity index (χ0) is 24.2. The van der Waals surface area contributed by atoms with E-state index in [0.717, 1.165) is 18.4 Å². The summed E-state index contributed by atoms with van der Waals surface area (Å²) >= 11 is 0. The van der Waals surface area contributed by atoms with E-state index in [4.69, 9.17) is 0 Å². The molecule has 3 N–H and O–H groups in total. The highest BCUT2D eigenvalue weighted by Crippen LogP contribution is 2.29. The van der Waals surface area contributed by atoms with Crippen LogP contribution in [0, 0.1) is 18.8 Å². The predicted octanol–water partition coefficient (Wildman–Crippen LogP) is 0.888. The van der Waals surface area contributed by atoms with Crippen LogP contribution < -0.4 is 15.4 Å². The number of carbonyl (C=O) groups is 2. The molecular formula is C22H33N3O6S2. The van der Waals surface area contributed by atoms with Gasteiger partial charge < -0.3 is 10.6 Å². The largest absolute Gasteiger partial charge is 0.351 e. The SMILES string of the molecule is Cc1ccc(S(=O)(=O)NCC2CCC(C(=O)N[C@H](C)C(=O)NC3CCS(=O)(=O)C3)CC2)cc1. The Balaban J connectivity index is 1.40. The Morgan fingerprint density at radius 3 is 2.27 bits per heavy atom. The third kappa shape index (κ3) is 7.25. The monoisotopic (exact) mass is 499 g/mol. The fourth-order valence-electron chi connectivity index (χ4n) is 4.29. The van der Waals surface area contributed by atoms with Crippen LogP contribution in [-0.2, 0) is 29.4 Å². The van der Waals surface area contributed by atoms with Crippen LogP contribution in [0.3, 0.4) is 0 Å². The van der Waals surface area contributed by atoms with Crippen molar-refractivity contribution < 1.29 is 26.4 Å². The van der Waals surface area contributed by atoms with Crippen molar-refractivity contribution in [3.8, 4) is 0 Å². The van der Waals surface area contributed by atoms with Gasteiger partial charge in [0.2, 0.25) is 21.8 Å². The number of hydrogen-bond donors (Lipinski definition) is 3. The number of benzene rings is 1. The van der Waals surface area contributed by atoms with Crippen molar-refractivity contribution in [1.82, 2.24) is 15.4 Å². The molecule has 9 nitrogen and oxygen atoms in total. The van der Waals surface area contributed by atoms with Crippen LogP contribution >= 0.6 is 0 Å². The summed E-state index contributed by atoms with van der Waals surface area (Å²) in [4.78, 5) is 25.1. The number of sulfonamides is 1. The van der Waals surface area contributed by atoms with E-state index in [9.17, 15) is 26.4 Å². The van der Waals surface area contributed by atoms with Crippen molar-refractivity contribution in [2.75, 3.05) is 18.1 Å². The average molecular weight is 500 g/mol. The number of rotatable bonds is 8. The van der Waals surface area contributed by atoms with Crippen molar-refractivity contribution >= 4 is 31.7 Å². The standard InChI is InChI=1S/C22H33N3O6S2/c1-15-3-9-20(10-4-15)33(30,31)23-13-17-5-7-18(8-6-17)22(27)24-16(2)21(26)25-19-11-12-32(28,29)14-19/h3-4,9-10,16-19,23H,5-8,11-14H2,1-2H3,(H,24,27)(H,25,26)/t16-,17?,18?,19?/m1/s1. The number of hydrogen-bond acceptors (Lipinski definition) is 6. The van der Waals surface area contributed by atoms with E-state index in [0.29, 0.717) is 25.8 Å². The van der Waals surface area contributed by atoms with Gasteiger partial charge in [0.15, 0.2) is 9.84 Å². The van der Waals surface area contributed by atoms with Crippen molar-refractivity contribution in [3.63, 3.8) is 0 Å². The molecule has 1 saturated heterocycles. The van der Waals surface area contributed by atoms with Crippen LogP contribution in [0.5, 0.6) is 0 Å². The molecule has 1 aromatic carbocycles. The minimum atomic E-state index is -3.56. The van der Waals surface area contributed by atoms with Gasteiger partial charge in [-0.2, -0.15) is 0 Å². The summed E-state index contributed by atoms with van der Waals surface area (Å²) in [7, 11) is -6.65. The van der Waals surface area contributed by atoms with E-state index in [1.165, 1.54) is 0 Å². The Morgan fingerprint density at radius 2 is 1.70 bits per heavy atom. The van der Waals surface area contributed by atoms with Crippen molar-refractivity contribution in [2.24, 2.45) is 11.8 Å². The fraction of sp³-hybridized carbons (Fsp3) is 0.636. The Hall–Kier alpha value is -1.98. The Bertz CT molecular complexity index is 1060. The Kier molecular flexibility index (Phi) is 8.17. The van der Waals surface area contributed by atoms with Crippen LogP contribution in [0.1, 0.15) is 44.6 Å². The molecule has 33 heavy (non-hydrogen) atoms. The molecule has 0 spiro atoms. The number of aryl methyl sites for hydroxylation is 1. The van der Waals surface area contributed by atoms with E-state index >= 15 is 0 Å². The van der Waals surface area contributed by atoms with E-state index < -0.39 is 31.9 Å². The summed E-state index contributed by atoms with van der Waals surface area (Å²) in [5.41, 5.74) is 0.990. The van der Waals surface area contributed by atoms with E-state index in [2.05, 4.69) is 15.4 Å². The molecule has 2 fully saturated rings. The van der Waals surface area contributed by atoms with Crippen molar-refractivity contribution in [3.05, 3.63) is 29.8 Å². The minimum Gasteiger partial charge on any atom is -0.351 e. The molecule has 0 bridgehead atoms. The molecule has 1 saturated carbocycles. The van der Waals surface area contributed by atoms with E-state index in [-0.39, 0.29) is 40.1 Å². The number of nitrogens with one attached hydrogen (secondary N) is 3. The molecule has 3 rings (SSSR count). The summed E-state index contributed by atoms with van der Waals surface area (Å²) in [5, 5.41) is 5.43. The molecule has 2 aliphatic rings. The van der Waals surface area contributed by atoms with Gasteiger partial charge in [0, 0.05) is 18.5 Å². The molecular weight excluding hydrogens is 466 g/mol.